The first-order valence-electron chi connectivity index (χ1n) is 8.67. The lowest BCUT2D eigenvalue weighted by Crippen LogP contribution is -2.42. The third kappa shape index (κ3) is 4.85. The number of rotatable bonds is 5. The van der Waals surface area contributed by atoms with Crippen LogP contribution in [0.3, 0.4) is 0 Å². The third-order valence-electron chi connectivity index (χ3n) is 4.90. The summed E-state index contributed by atoms with van der Waals surface area (Å²) in [6, 6.07) is 5.63. The molecular formula is C18H24Cl2N2O2. The number of halogens is 2. The number of piperidine rings is 1. The molecule has 0 unspecified atom stereocenters. The number of carbonyl (C=O) groups excluding carboxylic acids is 1. The molecule has 1 N–H and O–H groups in total. The molecule has 3 rings (SSSR count). The normalized spacial score (nSPS) is 22.7. The van der Waals surface area contributed by atoms with Gasteiger partial charge in [-0.2, -0.15) is 0 Å². The molecule has 2 saturated heterocycles. The highest BCUT2D eigenvalue weighted by Crippen LogP contribution is 2.25. The molecule has 24 heavy (non-hydrogen) atoms. The number of hydrogen-bond donors (Lipinski definition) is 1. The van der Waals surface area contributed by atoms with Crippen LogP contribution < -0.4 is 5.32 Å². The zero-order chi connectivity index (χ0) is 16.9. The van der Waals surface area contributed by atoms with Crippen LogP contribution in [0.15, 0.2) is 18.2 Å². The summed E-state index contributed by atoms with van der Waals surface area (Å²) in [5.41, 5.74) is 1.09. The summed E-state index contributed by atoms with van der Waals surface area (Å²) in [5.74, 6) is 0.290. The van der Waals surface area contributed by atoms with Crippen LogP contribution in [0.25, 0.3) is 0 Å². The largest absolute Gasteiger partial charge is 0.376 e. The van der Waals surface area contributed by atoms with Crippen molar-refractivity contribution in [1.29, 1.82) is 0 Å². The predicted molar refractivity (Wildman–Crippen MR) is 96.4 cm³/mol. The molecule has 0 saturated carbocycles. The van der Waals surface area contributed by atoms with Crippen LogP contribution in [0.4, 0.5) is 0 Å². The predicted octanol–water partition coefficient (Wildman–Crippen LogP) is 3.50. The fourth-order valence-electron chi connectivity index (χ4n) is 3.41. The molecule has 4 nitrogen and oxygen atoms in total. The van der Waals surface area contributed by atoms with Gasteiger partial charge in [0, 0.05) is 35.7 Å². The molecule has 2 aliphatic heterocycles. The topological polar surface area (TPSA) is 41.6 Å². The molecular weight excluding hydrogens is 347 g/mol. The third-order valence-corrected chi connectivity index (χ3v) is 5.48. The van der Waals surface area contributed by atoms with Gasteiger partial charge in [-0.3, -0.25) is 9.69 Å². The van der Waals surface area contributed by atoms with Crippen molar-refractivity contribution in [3.8, 4) is 0 Å². The summed E-state index contributed by atoms with van der Waals surface area (Å²) in [6.45, 7) is 4.11. The Kier molecular flexibility index (Phi) is 6.39. The van der Waals surface area contributed by atoms with Crippen molar-refractivity contribution in [1.82, 2.24) is 10.2 Å². The molecule has 1 aromatic rings. The molecule has 1 amide bonds. The summed E-state index contributed by atoms with van der Waals surface area (Å²) in [4.78, 5) is 14.6. The minimum Gasteiger partial charge on any atom is -0.376 e. The van der Waals surface area contributed by atoms with Crippen molar-refractivity contribution >= 4 is 29.1 Å². The van der Waals surface area contributed by atoms with Gasteiger partial charge in [0.1, 0.15) is 0 Å². The summed E-state index contributed by atoms with van der Waals surface area (Å²) in [6.07, 6.45) is 4.15. The van der Waals surface area contributed by atoms with Crippen molar-refractivity contribution in [2.24, 2.45) is 5.92 Å². The van der Waals surface area contributed by atoms with E-state index in [1.165, 1.54) is 0 Å². The van der Waals surface area contributed by atoms with Crippen LogP contribution >= 0.6 is 23.2 Å². The Hall–Kier alpha value is -0.810. The molecule has 1 aromatic carbocycles. The van der Waals surface area contributed by atoms with Gasteiger partial charge < -0.3 is 10.1 Å². The van der Waals surface area contributed by atoms with E-state index in [4.69, 9.17) is 27.9 Å². The summed E-state index contributed by atoms with van der Waals surface area (Å²) in [5, 5.41) is 4.42. The van der Waals surface area contributed by atoms with E-state index in [9.17, 15) is 4.79 Å². The standard InChI is InChI=1S/C18H24Cl2N2O2/c19-15-4-3-14(17(20)10-15)12-22-7-5-13(6-8-22)18(23)21-11-16-2-1-9-24-16/h3-4,10,13,16H,1-2,5-9,11-12H2,(H,21,23)/t16-/m1/s1. The number of likely N-dealkylation sites (tertiary alicyclic amines) is 1. The average Bonchev–Trinajstić information content (AvgIpc) is 3.09. The highest BCUT2D eigenvalue weighted by molar-refractivity contribution is 6.35. The summed E-state index contributed by atoms with van der Waals surface area (Å²) in [7, 11) is 0. The van der Waals surface area contributed by atoms with Crippen LogP contribution in [0.1, 0.15) is 31.2 Å². The molecule has 0 bridgehead atoms. The van der Waals surface area contributed by atoms with Crippen LogP contribution in [-0.4, -0.2) is 43.2 Å². The first kappa shape index (κ1) is 18.0. The fourth-order valence-corrected chi connectivity index (χ4v) is 3.88. The monoisotopic (exact) mass is 370 g/mol. The van der Waals surface area contributed by atoms with Crippen molar-refractivity contribution in [2.75, 3.05) is 26.2 Å². The molecule has 0 spiro atoms. The second-order valence-corrected chi connectivity index (χ2v) is 7.51. The highest BCUT2D eigenvalue weighted by atomic mass is 35.5. The Balaban J connectivity index is 1.42. The molecule has 6 heteroatoms. The molecule has 2 aliphatic rings. The zero-order valence-electron chi connectivity index (χ0n) is 13.8. The van der Waals surface area contributed by atoms with Crippen molar-refractivity contribution in [2.45, 2.75) is 38.3 Å². The molecule has 0 radical (unpaired) electrons. The van der Waals surface area contributed by atoms with Crippen LogP contribution in [0.2, 0.25) is 10.0 Å². The van der Waals surface area contributed by atoms with Crippen molar-refractivity contribution < 1.29 is 9.53 Å². The minimum absolute atomic E-state index is 0.114. The number of benzene rings is 1. The van der Waals surface area contributed by atoms with Crippen LogP contribution in [-0.2, 0) is 16.1 Å². The first-order chi connectivity index (χ1) is 11.6. The highest BCUT2D eigenvalue weighted by Gasteiger charge is 2.26. The van der Waals surface area contributed by atoms with E-state index in [1.807, 2.05) is 12.1 Å². The maximum absolute atomic E-state index is 12.3. The van der Waals surface area contributed by atoms with E-state index in [0.717, 1.165) is 57.5 Å². The molecule has 0 aliphatic carbocycles. The Morgan fingerprint density at radius 2 is 2.04 bits per heavy atom. The summed E-state index contributed by atoms with van der Waals surface area (Å²) >= 11 is 12.2. The minimum atomic E-state index is 0.114. The molecule has 2 fully saturated rings. The Labute approximate surface area is 153 Å². The lowest BCUT2D eigenvalue weighted by Gasteiger charge is -2.31. The fraction of sp³-hybridized carbons (Fsp3) is 0.611. The number of nitrogens with one attached hydrogen (secondary N) is 1. The molecule has 2 heterocycles. The van der Waals surface area contributed by atoms with Gasteiger partial charge in [-0.05, 0) is 56.5 Å². The Bertz CT molecular complexity index is 568. The van der Waals surface area contributed by atoms with Gasteiger partial charge in [-0.1, -0.05) is 29.3 Å². The summed E-state index contributed by atoms with van der Waals surface area (Å²) < 4.78 is 5.55. The lowest BCUT2D eigenvalue weighted by atomic mass is 9.95. The number of nitrogens with zero attached hydrogens (tertiary/aromatic N) is 1. The van der Waals surface area contributed by atoms with Gasteiger partial charge in [0.15, 0.2) is 0 Å². The number of amides is 1. The van der Waals surface area contributed by atoms with Gasteiger partial charge in [-0.25, -0.2) is 0 Å². The quantitative estimate of drug-likeness (QED) is 0.862. The van der Waals surface area contributed by atoms with Gasteiger partial charge in [0.05, 0.1) is 6.10 Å². The second-order valence-electron chi connectivity index (χ2n) is 6.67. The number of carbonyl (C=O) groups is 1. The number of ether oxygens (including phenoxy) is 1. The second kappa shape index (κ2) is 8.52. The zero-order valence-corrected chi connectivity index (χ0v) is 15.3. The van der Waals surface area contributed by atoms with Crippen molar-refractivity contribution in [3.05, 3.63) is 33.8 Å². The maximum Gasteiger partial charge on any atom is 0.223 e. The van der Waals surface area contributed by atoms with E-state index < -0.39 is 0 Å². The van der Waals surface area contributed by atoms with E-state index in [1.54, 1.807) is 6.07 Å². The Morgan fingerprint density at radius 1 is 1.25 bits per heavy atom. The molecule has 132 valence electrons. The first-order valence-corrected chi connectivity index (χ1v) is 9.43. The smallest absolute Gasteiger partial charge is 0.223 e. The molecule has 1 atom stereocenters. The Morgan fingerprint density at radius 3 is 2.71 bits per heavy atom. The van der Waals surface area contributed by atoms with E-state index in [2.05, 4.69) is 10.2 Å². The van der Waals surface area contributed by atoms with Gasteiger partial charge in [0.25, 0.3) is 0 Å². The van der Waals surface area contributed by atoms with Gasteiger partial charge in [0.2, 0.25) is 5.91 Å². The number of hydrogen-bond acceptors (Lipinski definition) is 3. The van der Waals surface area contributed by atoms with Crippen molar-refractivity contribution in [3.63, 3.8) is 0 Å². The SMILES string of the molecule is O=C(NC[C@H]1CCCO1)C1CCN(Cc2ccc(Cl)cc2Cl)CC1. The van der Waals surface area contributed by atoms with Gasteiger partial charge in [-0.15, -0.1) is 0 Å². The maximum atomic E-state index is 12.3. The van der Waals surface area contributed by atoms with Crippen LogP contribution in [0.5, 0.6) is 0 Å². The lowest BCUT2D eigenvalue weighted by molar-refractivity contribution is -0.127. The van der Waals surface area contributed by atoms with E-state index >= 15 is 0 Å². The van der Waals surface area contributed by atoms with E-state index in [0.29, 0.717) is 16.6 Å². The van der Waals surface area contributed by atoms with Crippen LogP contribution in [0, 0.1) is 5.92 Å². The molecule has 0 aromatic heterocycles. The van der Waals surface area contributed by atoms with Gasteiger partial charge >= 0.3 is 0 Å². The average molecular weight is 371 g/mol. The van der Waals surface area contributed by atoms with E-state index in [-0.39, 0.29) is 17.9 Å².